The lowest BCUT2D eigenvalue weighted by Crippen LogP contribution is -2.23. The smallest absolute Gasteiger partial charge is 0.228 e. The monoisotopic (exact) mass is 244 g/mol. The van der Waals surface area contributed by atoms with Gasteiger partial charge in [-0.15, -0.1) is 0 Å². The van der Waals surface area contributed by atoms with Gasteiger partial charge in [0.15, 0.2) is 0 Å². The lowest BCUT2D eigenvalue weighted by Gasteiger charge is -2.24. The van der Waals surface area contributed by atoms with Crippen molar-refractivity contribution in [1.82, 2.24) is 0 Å². The van der Waals surface area contributed by atoms with Gasteiger partial charge in [0.2, 0.25) is 5.91 Å². The molecule has 96 valence electrons. The molecule has 3 N–H and O–H groups in total. The minimum absolute atomic E-state index is 0.0879. The lowest BCUT2D eigenvalue weighted by atomic mass is 9.86. The summed E-state index contributed by atoms with van der Waals surface area (Å²) in [6.45, 7) is 2.30. The summed E-state index contributed by atoms with van der Waals surface area (Å²) >= 11 is 0. The topological polar surface area (TPSA) is 55.1 Å². The van der Waals surface area contributed by atoms with Crippen molar-refractivity contribution in [1.29, 1.82) is 0 Å². The SMILES string of the molecule is CC1CCCC1C(N)c1ccc2c(c1)CC(=O)N2. The van der Waals surface area contributed by atoms with Crippen LogP contribution in [0.25, 0.3) is 0 Å². The molecule has 0 aromatic heterocycles. The maximum atomic E-state index is 11.3. The maximum Gasteiger partial charge on any atom is 0.228 e. The molecule has 3 rings (SSSR count). The summed E-state index contributed by atoms with van der Waals surface area (Å²) < 4.78 is 0. The molecule has 1 heterocycles. The number of nitrogens with one attached hydrogen (secondary N) is 1. The lowest BCUT2D eigenvalue weighted by molar-refractivity contribution is -0.115. The van der Waals surface area contributed by atoms with Crippen LogP contribution in [0.15, 0.2) is 18.2 Å². The highest BCUT2D eigenvalue weighted by atomic mass is 16.1. The molecule has 3 nitrogen and oxygen atoms in total. The number of hydrogen-bond acceptors (Lipinski definition) is 2. The van der Waals surface area contributed by atoms with Crippen molar-refractivity contribution in [3.8, 4) is 0 Å². The van der Waals surface area contributed by atoms with Crippen molar-refractivity contribution in [3.63, 3.8) is 0 Å². The summed E-state index contributed by atoms with van der Waals surface area (Å²) in [6, 6.07) is 6.29. The van der Waals surface area contributed by atoms with E-state index in [4.69, 9.17) is 5.73 Å². The van der Waals surface area contributed by atoms with Crippen LogP contribution in [0.4, 0.5) is 5.69 Å². The largest absolute Gasteiger partial charge is 0.326 e. The van der Waals surface area contributed by atoms with Gasteiger partial charge in [0, 0.05) is 11.7 Å². The predicted octanol–water partition coefficient (Wildman–Crippen LogP) is 2.62. The van der Waals surface area contributed by atoms with Crippen LogP contribution >= 0.6 is 0 Å². The molecular formula is C15H20N2O. The summed E-state index contributed by atoms with van der Waals surface area (Å²) in [5, 5.41) is 2.86. The van der Waals surface area contributed by atoms with Gasteiger partial charge >= 0.3 is 0 Å². The van der Waals surface area contributed by atoms with Gasteiger partial charge in [-0.3, -0.25) is 4.79 Å². The number of anilines is 1. The highest BCUT2D eigenvalue weighted by molar-refractivity contribution is 5.99. The van der Waals surface area contributed by atoms with Crippen LogP contribution in [0.2, 0.25) is 0 Å². The second-order valence-electron chi connectivity index (χ2n) is 5.74. The van der Waals surface area contributed by atoms with Crippen molar-refractivity contribution >= 4 is 11.6 Å². The van der Waals surface area contributed by atoms with Crippen LogP contribution in [-0.2, 0) is 11.2 Å². The molecule has 3 heteroatoms. The van der Waals surface area contributed by atoms with E-state index in [0.717, 1.165) is 11.3 Å². The Labute approximate surface area is 108 Å². The van der Waals surface area contributed by atoms with Crippen molar-refractivity contribution < 1.29 is 4.79 Å². The first-order chi connectivity index (χ1) is 8.65. The quantitative estimate of drug-likeness (QED) is 0.840. The average molecular weight is 244 g/mol. The van der Waals surface area contributed by atoms with Gasteiger partial charge in [-0.1, -0.05) is 31.9 Å². The fourth-order valence-corrected chi connectivity index (χ4v) is 3.41. The van der Waals surface area contributed by atoms with Gasteiger partial charge in [0.25, 0.3) is 0 Å². The number of benzene rings is 1. The molecule has 1 aliphatic carbocycles. The fraction of sp³-hybridized carbons (Fsp3) is 0.533. The molecule has 0 saturated heterocycles. The molecule has 0 spiro atoms. The van der Waals surface area contributed by atoms with E-state index in [1.807, 2.05) is 6.07 Å². The third kappa shape index (κ3) is 1.93. The number of carbonyl (C=O) groups excluding carboxylic acids is 1. The van der Waals surface area contributed by atoms with E-state index in [-0.39, 0.29) is 11.9 Å². The number of hydrogen-bond donors (Lipinski definition) is 2. The normalized spacial score (nSPS) is 28.0. The van der Waals surface area contributed by atoms with E-state index in [1.54, 1.807) is 0 Å². The second-order valence-corrected chi connectivity index (χ2v) is 5.74. The molecule has 3 atom stereocenters. The third-order valence-corrected chi connectivity index (χ3v) is 4.53. The first kappa shape index (κ1) is 11.7. The number of carbonyl (C=O) groups is 1. The van der Waals surface area contributed by atoms with Crippen molar-refractivity contribution in [2.45, 2.75) is 38.6 Å². The van der Waals surface area contributed by atoms with Gasteiger partial charge in [-0.25, -0.2) is 0 Å². The summed E-state index contributed by atoms with van der Waals surface area (Å²) in [6.07, 6.45) is 4.32. The first-order valence-electron chi connectivity index (χ1n) is 6.83. The zero-order chi connectivity index (χ0) is 12.7. The molecule has 1 aromatic carbocycles. The van der Waals surface area contributed by atoms with Crippen LogP contribution in [0, 0.1) is 11.8 Å². The Kier molecular flexibility index (Phi) is 2.86. The zero-order valence-electron chi connectivity index (χ0n) is 10.8. The Morgan fingerprint density at radius 1 is 1.39 bits per heavy atom. The Hall–Kier alpha value is -1.35. The van der Waals surface area contributed by atoms with E-state index in [2.05, 4.69) is 24.4 Å². The molecule has 1 saturated carbocycles. The van der Waals surface area contributed by atoms with E-state index in [9.17, 15) is 4.79 Å². The van der Waals surface area contributed by atoms with Gasteiger partial charge in [0.05, 0.1) is 6.42 Å². The molecular weight excluding hydrogens is 224 g/mol. The highest BCUT2D eigenvalue weighted by Crippen LogP contribution is 2.39. The number of nitrogens with two attached hydrogens (primary N) is 1. The Bertz CT molecular complexity index is 483. The molecule has 0 bridgehead atoms. The van der Waals surface area contributed by atoms with Gasteiger partial charge < -0.3 is 11.1 Å². The Morgan fingerprint density at radius 2 is 2.22 bits per heavy atom. The second kappa shape index (κ2) is 4.39. The van der Waals surface area contributed by atoms with Gasteiger partial charge in [0.1, 0.15) is 0 Å². The van der Waals surface area contributed by atoms with Crippen LogP contribution < -0.4 is 11.1 Å². The Balaban J connectivity index is 1.85. The van der Waals surface area contributed by atoms with Gasteiger partial charge in [-0.2, -0.15) is 0 Å². The maximum absolute atomic E-state index is 11.3. The average Bonchev–Trinajstić information content (AvgIpc) is 2.91. The molecule has 1 aliphatic heterocycles. The van der Waals surface area contributed by atoms with E-state index in [0.29, 0.717) is 18.3 Å². The predicted molar refractivity (Wildman–Crippen MR) is 72.2 cm³/mol. The molecule has 1 fully saturated rings. The Morgan fingerprint density at radius 3 is 2.94 bits per heavy atom. The number of amides is 1. The first-order valence-corrected chi connectivity index (χ1v) is 6.83. The summed E-state index contributed by atoms with van der Waals surface area (Å²) in [5.41, 5.74) is 9.65. The number of rotatable bonds is 2. The summed E-state index contributed by atoms with van der Waals surface area (Å²) in [4.78, 5) is 11.3. The van der Waals surface area contributed by atoms with Crippen LogP contribution in [0.3, 0.4) is 0 Å². The van der Waals surface area contributed by atoms with Crippen LogP contribution in [-0.4, -0.2) is 5.91 Å². The fourth-order valence-electron chi connectivity index (χ4n) is 3.41. The highest BCUT2D eigenvalue weighted by Gasteiger charge is 2.30. The molecule has 1 amide bonds. The number of fused-ring (bicyclic) bond motifs is 1. The third-order valence-electron chi connectivity index (χ3n) is 4.53. The molecule has 1 aromatic rings. The van der Waals surface area contributed by atoms with E-state index < -0.39 is 0 Å². The van der Waals surface area contributed by atoms with E-state index in [1.165, 1.54) is 24.8 Å². The van der Waals surface area contributed by atoms with Crippen molar-refractivity contribution in [2.75, 3.05) is 5.32 Å². The van der Waals surface area contributed by atoms with Crippen LogP contribution in [0.1, 0.15) is 43.4 Å². The zero-order valence-corrected chi connectivity index (χ0v) is 10.8. The molecule has 2 aliphatic rings. The summed E-state index contributed by atoms with van der Waals surface area (Å²) in [5.74, 6) is 1.39. The van der Waals surface area contributed by atoms with Crippen molar-refractivity contribution in [2.24, 2.45) is 17.6 Å². The van der Waals surface area contributed by atoms with Crippen molar-refractivity contribution in [3.05, 3.63) is 29.3 Å². The minimum Gasteiger partial charge on any atom is -0.326 e. The van der Waals surface area contributed by atoms with Crippen LogP contribution in [0.5, 0.6) is 0 Å². The van der Waals surface area contributed by atoms with E-state index >= 15 is 0 Å². The summed E-state index contributed by atoms with van der Waals surface area (Å²) in [7, 11) is 0. The molecule has 18 heavy (non-hydrogen) atoms. The minimum atomic E-state index is 0.0879. The molecule has 3 unspecified atom stereocenters. The molecule has 0 radical (unpaired) electrons. The standard InChI is InChI=1S/C15H20N2O/c1-9-3-2-4-12(9)15(16)10-5-6-13-11(7-10)8-14(18)17-13/h5-7,9,12,15H,2-4,8,16H2,1H3,(H,17,18). The van der Waals surface area contributed by atoms with Gasteiger partial charge in [-0.05, 0) is 35.4 Å².